The third-order valence-corrected chi connectivity index (χ3v) is 5.19. The van der Waals surface area contributed by atoms with Crippen molar-refractivity contribution in [2.24, 2.45) is 17.6 Å². The van der Waals surface area contributed by atoms with E-state index in [1.807, 2.05) is 6.07 Å². The predicted octanol–water partition coefficient (Wildman–Crippen LogP) is 1.34. The molecule has 2 saturated heterocycles. The van der Waals surface area contributed by atoms with E-state index in [4.69, 9.17) is 4.98 Å². The number of hydrogen-bond acceptors (Lipinski definition) is 6. The van der Waals surface area contributed by atoms with Gasteiger partial charge in [-0.15, -0.1) is 11.3 Å². The Hall–Kier alpha value is -1.50. The highest BCUT2D eigenvalue weighted by Crippen LogP contribution is 2.31. The first-order chi connectivity index (χ1) is 10.3. The Morgan fingerprint density at radius 2 is 2.05 bits per heavy atom. The van der Waals surface area contributed by atoms with Crippen LogP contribution in [0, 0.1) is 11.8 Å². The maximum atomic E-state index is 10.8. The van der Waals surface area contributed by atoms with E-state index in [0.717, 1.165) is 65.2 Å². The number of aromatic nitrogens is 1. The summed E-state index contributed by atoms with van der Waals surface area (Å²) in [6, 6.07) is 6.07. The van der Waals surface area contributed by atoms with Gasteiger partial charge in [0.15, 0.2) is 6.29 Å². The fourth-order valence-corrected chi connectivity index (χ4v) is 4.05. The molecule has 21 heavy (non-hydrogen) atoms. The summed E-state index contributed by atoms with van der Waals surface area (Å²) in [5, 5.41) is 4.52. The molecule has 4 rings (SSSR count). The topological polar surface area (TPSA) is 71.2 Å². The molecule has 3 N–H and O–H groups in total. The molecule has 0 spiro atoms. The Balaban J connectivity index is 0.000000636. The Labute approximate surface area is 128 Å². The van der Waals surface area contributed by atoms with Gasteiger partial charge in [-0.05, 0) is 37.1 Å². The normalized spacial score (nSPS) is 23.8. The largest absolute Gasteiger partial charge is 0.356 e. The van der Waals surface area contributed by atoms with Crippen LogP contribution in [0.2, 0.25) is 0 Å². The van der Waals surface area contributed by atoms with Crippen molar-refractivity contribution in [1.29, 1.82) is 0 Å². The van der Waals surface area contributed by atoms with Crippen molar-refractivity contribution in [2.45, 2.75) is 0 Å². The summed E-state index contributed by atoms with van der Waals surface area (Å²) >= 11 is 1.47. The van der Waals surface area contributed by atoms with Gasteiger partial charge in [-0.2, -0.15) is 0 Å². The van der Waals surface area contributed by atoms with Crippen LogP contribution >= 0.6 is 11.3 Å². The number of carbonyl (C=O) groups is 1. The third-order valence-electron chi connectivity index (χ3n) is 4.22. The highest BCUT2D eigenvalue weighted by Gasteiger charge is 2.36. The quantitative estimate of drug-likeness (QED) is 0.819. The highest BCUT2D eigenvalue weighted by molar-refractivity contribution is 7.20. The SMILES string of the molecule is CN.O=Cc1cc2ccc(N3CC4CNCC4C3)nc2s1. The van der Waals surface area contributed by atoms with Gasteiger partial charge in [-0.1, -0.05) is 0 Å². The third kappa shape index (κ3) is 2.66. The van der Waals surface area contributed by atoms with Crippen LogP contribution in [0.3, 0.4) is 0 Å². The van der Waals surface area contributed by atoms with E-state index in [1.165, 1.54) is 18.4 Å². The molecule has 2 unspecified atom stereocenters. The van der Waals surface area contributed by atoms with E-state index in [-0.39, 0.29) is 0 Å². The monoisotopic (exact) mass is 304 g/mol. The molecule has 2 aliphatic rings. The van der Waals surface area contributed by atoms with Crippen LogP contribution in [0.1, 0.15) is 9.67 Å². The molecule has 2 fully saturated rings. The molecule has 0 amide bonds. The Kier molecular flexibility index (Phi) is 4.19. The summed E-state index contributed by atoms with van der Waals surface area (Å²) in [5.74, 6) is 2.60. The molecule has 2 atom stereocenters. The molecule has 112 valence electrons. The molecule has 0 bridgehead atoms. The molecular weight excluding hydrogens is 284 g/mol. The minimum Gasteiger partial charge on any atom is -0.356 e. The summed E-state index contributed by atoms with van der Waals surface area (Å²) in [6.07, 6.45) is 0.901. The van der Waals surface area contributed by atoms with Gasteiger partial charge in [0.05, 0.1) is 4.88 Å². The summed E-state index contributed by atoms with van der Waals surface area (Å²) in [6.45, 7) is 4.47. The van der Waals surface area contributed by atoms with Crippen LogP contribution in [0.4, 0.5) is 5.82 Å². The summed E-state index contributed by atoms with van der Waals surface area (Å²) in [4.78, 5) is 19.6. The standard InChI is InChI=1S/C14H15N3OS.CH5N/c18-8-12-3-9-1-2-13(16-14(9)19-12)17-6-10-4-15-5-11(10)7-17;1-2/h1-3,8,10-11,15H,4-7H2;2H2,1H3. The molecule has 6 heteroatoms. The van der Waals surface area contributed by atoms with Gasteiger partial charge in [0.25, 0.3) is 0 Å². The van der Waals surface area contributed by atoms with Crippen molar-refractivity contribution in [1.82, 2.24) is 10.3 Å². The summed E-state index contributed by atoms with van der Waals surface area (Å²) in [7, 11) is 1.50. The van der Waals surface area contributed by atoms with Crippen molar-refractivity contribution in [3.63, 3.8) is 0 Å². The number of hydrogen-bond donors (Lipinski definition) is 2. The van der Waals surface area contributed by atoms with Gasteiger partial charge in [-0.25, -0.2) is 4.98 Å². The van der Waals surface area contributed by atoms with Gasteiger partial charge < -0.3 is 16.0 Å². The van der Waals surface area contributed by atoms with E-state index in [1.54, 1.807) is 0 Å². The molecule has 0 radical (unpaired) electrons. The molecule has 2 aromatic rings. The number of nitrogens with two attached hydrogens (primary N) is 1. The lowest BCUT2D eigenvalue weighted by Crippen LogP contribution is -2.26. The predicted molar refractivity (Wildman–Crippen MR) is 87.2 cm³/mol. The van der Waals surface area contributed by atoms with Crippen molar-refractivity contribution in [3.05, 3.63) is 23.1 Å². The minimum absolute atomic E-state index is 0.752. The molecule has 5 nitrogen and oxygen atoms in total. The van der Waals surface area contributed by atoms with Gasteiger partial charge in [-0.3, -0.25) is 4.79 Å². The van der Waals surface area contributed by atoms with Crippen LogP contribution < -0.4 is 16.0 Å². The Morgan fingerprint density at radius 3 is 2.71 bits per heavy atom. The molecule has 4 heterocycles. The second kappa shape index (κ2) is 6.09. The maximum Gasteiger partial charge on any atom is 0.160 e. The molecule has 2 aliphatic heterocycles. The van der Waals surface area contributed by atoms with Gasteiger partial charge >= 0.3 is 0 Å². The first kappa shape index (κ1) is 14.4. The van der Waals surface area contributed by atoms with Crippen LogP contribution in [0.15, 0.2) is 18.2 Å². The first-order valence-electron chi connectivity index (χ1n) is 7.22. The average molecular weight is 304 g/mol. The fraction of sp³-hybridized carbons (Fsp3) is 0.467. The van der Waals surface area contributed by atoms with Crippen molar-refractivity contribution in [2.75, 3.05) is 38.1 Å². The lowest BCUT2D eigenvalue weighted by atomic mass is 10.0. The van der Waals surface area contributed by atoms with Crippen LogP contribution in [-0.2, 0) is 0 Å². The van der Waals surface area contributed by atoms with Gasteiger partial charge in [0.1, 0.15) is 10.6 Å². The van der Waals surface area contributed by atoms with Crippen molar-refractivity contribution >= 4 is 33.7 Å². The molecule has 0 aliphatic carbocycles. The second-order valence-electron chi connectivity index (χ2n) is 5.41. The number of rotatable bonds is 2. The zero-order valence-corrected chi connectivity index (χ0v) is 12.9. The second-order valence-corrected chi connectivity index (χ2v) is 6.48. The summed E-state index contributed by atoms with van der Waals surface area (Å²) < 4.78 is 0. The van der Waals surface area contributed by atoms with E-state index in [2.05, 4.69) is 28.1 Å². The van der Waals surface area contributed by atoms with E-state index in [9.17, 15) is 4.79 Å². The molecule has 0 saturated carbocycles. The number of thiophene rings is 1. The summed E-state index contributed by atoms with van der Waals surface area (Å²) in [5.41, 5.74) is 4.50. The Bertz CT molecular complexity index is 630. The maximum absolute atomic E-state index is 10.8. The zero-order chi connectivity index (χ0) is 14.8. The van der Waals surface area contributed by atoms with E-state index >= 15 is 0 Å². The zero-order valence-electron chi connectivity index (χ0n) is 12.1. The number of anilines is 1. The van der Waals surface area contributed by atoms with Crippen LogP contribution in [0.5, 0.6) is 0 Å². The number of nitrogens with one attached hydrogen (secondary N) is 1. The van der Waals surface area contributed by atoms with Crippen LogP contribution in [0.25, 0.3) is 10.2 Å². The lowest BCUT2D eigenvalue weighted by molar-refractivity contribution is 0.112. The number of carbonyl (C=O) groups excluding carboxylic acids is 1. The highest BCUT2D eigenvalue weighted by atomic mass is 32.1. The molecular formula is C15H20N4OS. The minimum atomic E-state index is 0.752. The fourth-order valence-electron chi connectivity index (χ4n) is 3.20. The van der Waals surface area contributed by atoms with Crippen LogP contribution in [-0.4, -0.2) is 44.5 Å². The smallest absolute Gasteiger partial charge is 0.160 e. The number of fused-ring (bicyclic) bond motifs is 2. The number of pyridine rings is 1. The first-order valence-corrected chi connectivity index (χ1v) is 8.04. The van der Waals surface area contributed by atoms with Gasteiger partial charge in [0.2, 0.25) is 0 Å². The molecule has 0 aromatic carbocycles. The number of aldehydes is 1. The van der Waals surface area contributed by atoms with Crippen molar-refractivity contribution in [3.8, 4) is 0 Å². The number of nitrogens with zero attached hydrogens (tertiary/aromatic N) is 2. The molecule has 2 aromatic heterocycles. The Morgan fingerprint density at radius 1 is 1.33 bits per heavy atom. The van der Waals surface area contributed by atoms with Gasteiger partial charge in [0, 0.05) is 31.6 Å². The van der Waals surface area contributed by atoms with Crippen molar-refractivity contribution < 1.29 is 4.79 Å². The lowest BCUT2D eigenvalue weighted by Gasteiger charge is -2.18. The van der Waals surface area contributed by atoms with E-state index in [0.29, 0.717) is 0 Å². The van der Waals surface area contributed by atoms with E-state index < -0.39 is 0 Å². The average Bonchev–Trinajstić information content (AvgIpc) is 3.21.